The molecule has 0 spiro atoms. The maximum Gasteiger partial charge on any atom is 0.269 e. The summed E-state index contributed by atoms with van der Waals surface area (Å²) in [7, 11) is 0. The molecule has 3 rings (SSSR count). The zero-order chi connectivity index (χ0) is 16.4. The van der Waals surface area contributed by atoms with E-state index < -0.39 is 4.92 Å². The third-order valence-corrected chi connectivity index (χ3v) is 3.85. The first-order valence-corrected chi connectivity index (χ1v) is 7.48. The number of nitrogens with zero attached hydrogens (tertiary/aromatic N) is 2. The zero-order valence-electron chi connectivity index (χ0n) is 12.4. The molecule has 2 aromatic carbocycles. The van der Waals surface area contributed by atoms with Crippen LogP contribution in [0.25, 0.3) is 10.9 Å². The Kier molecular flexibility index (Phi) is 4.12. The molecule has 0 bridgehead atoms. The largest absolute Gasteiger partial charge is 0.378 e. The summed E-state index contributed by atoms with van der Waals surface area (Å²) in [4.78, 5) is 14.6. The molecule has 116 valence electrons. The van der Waals surface area contributed by atoms with Crippen molar-refractivity contribution in [3.8, 4) is 0 Å². The summed E-state index contributed by atoms with van der Waals surface area (Å²) in [5.41, 5.74) is 2.73. The summed E-state index contributed by atoms with van der Waals surface area (Å²) in [5, 5.41) is 15.5. The summed E-state index contributed by atoms with van der Waals surface area (Å²) < 4.78 is 0. The summed E-state index contributed by atoms with van der Waals surface area (Å²) in [6.45, 7) is 1.99. The van der Waals surface area contributed by atoms with E-state index >= 15 is 0 Å². The summed E-state index contributed by atoms with van der Waals surface area (Å²) >= 11 is 6.08. The van der Waals surface area contributed by atoms with Gasteiger partial charge in [-0.25, -0.2) is 4.98 Å². The van der Waals surface area contributed by atoms with Gasteiger partial charge in [0.2, 0.25) is 0 Å². The van der Waals surface area contributed by atoms with E-state index in [-0.39, 0.29) is 11.7 Å². The molecule has 5 nitrogen and oxygen atoms in total. The molecule has 0 aliphatic carbocycles. The summed E-state index contributed by atoms with van der Waals surface area (Å²) in [6, 6.07) is 16.0. The van der Waals surface area contributed by atoms with Crippen LogP contribution in [-0.2, 0) is 0 Å². The Morgan fingerprint density at radius 3 is 2.57 bits per heavy atom. The first-order chi connectivity index (χ1) is 11.0. The second kappa shape index (κ2) is 6.22. The highest BCUT2D eigenvalue weighted by atomic mass is 35.5. The molecule has 1 atom stereocenters. The lowest BCUT2D eigenvalue weighted by Crippen LogP contribution is -2.07. The second-order valence-corrected chi connectivity index (χ2v) is 5.61. The lowest BCUT2D eigenvalue weighted by Gasteiger charge is -2.17. The molecule has 0 radical (unpaired) electrons. The Hall–Kier alpha value is -2.66. The number of pyridine rings is 1. The fraction of sp³-hybridized carbons (Fsp3) is 0.118. The van der Waals surface area contributed by atoms with Gasteiger partial charge >= 0.3 is 0 Å². The van der Waals surface area contributed by atoms with Gasteiger partial charge in [-0.15, -0.1) is 0 Å². The minimum absolute atomic E-state index is 0.0299. The smallest absolute Gasteiger partial charge is 0.269 e. The van der Waals surface area contributed by atoms with Crippen LogP contribution in [0.1, 0.15) is 18.5 Å². The van der Waals surface area contributed by atoms with Crippen LogP contribution >= 0.6 is 11.6 Å². The second-order valence-electron chi connectivity index (χ2n) is 5.22. The van der Waals surface area contributed by atoms with Crippen molar-refractivity contribution in [1.29, 1.82) is 0 Å². The van der Waals surface area contributed by atoms with Crippen LogP contribution in [0.3, 0.4) is 0 Å². The van der Waals surface area contributed by atoms with Crippen LogP contribution in [0, 0.1) is 10.1 Å². The molecule has 0 aliphatic rings. The average molecular weight is 328 g/mol. The van der Waals surface area contributed by atoms with Gasteiger partial charge in [-0.3, -0.25) is 10.1 Å². The third kappa shape index (κ3) is 3.24. The Morgan fingerprint density at radius 1 is 1.17 bits per heavy atom. The van der Waals surface area contributed by atoms with Crippen molar-refractivity contribution in [3.05, 3.63) is 75.4 Å². The number of non-ortho nitro benzene ring substituents is 1. The van der Waals surface area contributed by atoms with E-state index in [0.29, 0.717) is 5.15 Å². The van der Waals surface area contributed by atoms with Crippen molar-refractivity contribution in [2.75, 3.05) is 5.32 Å². The first-order valence-electron chi connectivity index (χ1n) is 7.11. The van der Waals surface area contributed by atoms with Gasteiger partial charge in [0.1, 0.15) is 5.15 Å². The van der Waals surface area contributed by atoms with Crippen molar-refractivity contribution in [2.45, 2.75) is 13.0 Å². The van der Waals surface area contributed by atoms with Crippen molar-refractivity contribution in [1.82, 2.24) is 4.98 Å². The quantitative estimate of drug-likeness (QED) is 0.417. The number of aromatic nitrogens is 1. The van der Waals surface area contributed by atoms with Gasteiger partial charge in [-0.1, -0.05) is 41.9 Å². The minimum Gasteiger partial charge on any atom is -0.378 e. The molecule has 1 heterocycles. The topological polar surface area (TPSA) is 68.1 Å². The summed E-state index contributed by atoms with van der Waals surface area (Å²) in [5.74, 6) is 0. The molecule has 1 unspecified atom stereocenters. The van der Waals surface area contributed by atoms with Gasteiger partial charge in [0.15, 0.2) is 0 Å². The number of anilines is 1. The number of fused-ring (bicyclic) bond motifs is 1. The average Bonchev–Trinajstić information content (AvgIpc) is 2.54. The molecule has 1 N–H and O–H groups in total. The van der Waals surface area contributed by atoms with Crippen molar-refractivity contribution < 1.29 is 4.92 Å². The monoisotopic (exact) mass is 327 g/mol. The lowest BCUT2D eigenvalue weighted by molar-refractivity contribution is -0.384. The van der Waals surface area contributed by atoms with Crippen LogP contribution in [-0.4, -0.2) is 9.91 Å². The van der Waals surface area contributed by atoms with Crippen molar-refractivity contribution in [3.63, 3.8) is 0 Å². The standard InChI is InChI=1S/C17H14ClN3O2/c1-11(12-6-8-13(9-7-12)21(22)23)19-16-10-17(18)20-15-5-3-2-4-14(15)16/h2-11H,1H3,(H,19,20). The normalized spacial score (nSPS) is 12.1. The zero-order valence-corrected chi connectivity index (χ0v) is 13.1. The molecule has 0 fully saturated rings. The fourth-order valence-corrected chi connectivity index (χ4v) is 2.66. The summed E-state index contributed by atoms with van der Waals surface area (Å²) in [6.07, 6.45) is 0. The van der Waals surface area contributed by atoms with Crippen LogP contribution in [0.2, 0.25) is 5.15 Å². The highest BCUT2D eigenvalue weighted by Crippen LogP contribution is 2.29. The van der Waals surface area contributed by atoms with Gasteiger partial charge < -0.3 is 5.32 Å². The van der Waals surface area contributed by atoms with Gasteiger partial charge in [0, 0.05) is 29.2 Å². The maximum atomic E-state index is 10.7. The maximum absolute atomic E-state index is 10.7. The molecule has 6 heteroatoms. The van der Waals surface area contributed by atoms with Crippen LogP contribution < -0.4 is 5.32 Å². The minimum atomic E-state index is -0.405. The molecule has 0 amide bonds. The number of rotatable bonds is 4. The van der Waals surface area contributed by atoms with Crippen LogP contribution in [0.15, 0.2) is 54.6 Å². The number of benzene rings is 2. The van der Waals surface area contributed by atoms with Crippen molar-refractivity contribution in [2.24, 2.45) is 0 Å². The number of hydrogen-bond acceptors (Lipinski definition) is 4. The molecule has 0 saturated carbocycles. The highest BCUT2D eigenvalue weighted by molar-refractivity contribution is 6.30. The van der Waals surface area contributed by atoms with Crippen molar-refractivity contribution >= 4 is 33.9 Å². The molecule has 0 saturated heterocycles. The van der Waals surface area contributed by atoms with Crippen LogP contribution in [0.5, 0.6) is 0 Å². The molecular weight excluding hydrogens is 314 g/mol. The van der Waals surface area contributed by atoms with E-state index in [9.17, 15) is 10.1 Å². The molecule has 23 heavy (non-hydrogen) atoms. The van der Waals surface area contributed by atoms with Gasteiger partial charge in [-0.05, 0) is 24.6 Å². The molecular formula is C17H14ClN3O2. The van der Waals surface area contributed by atoms with Gasteiger partial charge in [0.25, 0.3) is 5.69 Å². The van der Waals surface area contributed by atoms with E-state index in [1.54, 1.807) is 18.2 Å². The molecule has 1 aromatic heterocycles. The lowest BCUT2D eigenvalue weighted by atomic mass is 10.1. The molecule has 0 aliphatic heterocycles. The number of nitro benzene ring substituents is 1. The Morgan fingerprint density at radius 2 is 1.87 bits per heavy atom. The number of halogens is 1. The van der Waals surface area contributed by atoms with E-state index in [1.165, 1.54) is 12.1 Å². The molecule has 3 aromatic rings. The third-order valence-electron chi connectivity index (χ3n) is 3.66. The number of para-hydroxylation sites is 1. The van der Waals surface area contributed by atoms with E-state index in [4.69, 9.17) is 11.6 Å². The van der Waals surface area contributed by atoms with Crippen LogP contribution in [0.4, 0.5) is 11.4 Å². The SMILES string of the molecule is CC(Nc1cc(Cl)nc2ccccc12)c1ccc([N+](=O)[O-])cc1. The Balaban J connectivity index is 1.90. The Labute approximate surface area is 138 Å². The van der Waals surface area contributed by atoms with E-state index in [2.05, 4.69) is 10.3 Å². The highest BCUT2D eigenvalue weighted by Gasteiger charge is 2.11. The Bertz CT molecular complexity index is 865. The number of hydrogen-bond donors (Lipinski definition) is 1. The first kappa shape index (κ1) is 15.2. The number of nitrogens with one attached hydrogen (secondary N) is 1. The van der Waals surface area contributed by atoms with E-state index in [1.807, 2.05) is 31.2 Å². The predicted octanol–water partition coefficient (Wildman–Crippen LogP) is 4.97. The predicted molar refractivity (Wildman–Crippen MR) is 91.9 cm³/mol. The number of nitro groups is 1. The van der Waals surface area contributed by atoms with Gasteiger partial charge in [0.05, 0.1) is 10.4 Å². The van der Waals surface area contributed by atoms with Gasteiger partial charge in [-0.2, -0.15) is 0 Å². The fourth-order valence-electron chi connectivity index (χ4n) is 2.46. The van der Waals surface area contributed by atoms with E-state index in [0.717, 1.165) is 22.2 Å².